The van der Waals surface area contributed by atoms with E-state index < -0.39 is 0 Å². The molecule has 1 saturated heterocycles. The molecule has 1 aromatic heterocycles. The van der Waals surface area contributed by atoms with Gasteiger partial charge in [-0.1, -0.05) is 27.2 Å². The minimum absolute atomic E-state index is 0.0456. The van der Waals surface area contributed by atoms with Crippen LogP contribution in [0.5, 0.6) is 0 Å². The van der Waals surface area contributed by atoms with Crippen molar-refractivity contribution in [3.8, 4) is 0 Å². The predicted molar refractivity (Wildman–Crippen MR) is 90.7 cm³/mol. The molecule has 2 rings (SSSR count). The summed E-state index contributed by atoms with van der Waals surface area (Å²) in [5.74, 6) is 1.07. The molecule has 1 aliphatic rings. The smallest absolute Gasteiger partial charge is 0.323 e. The maximum atomic E-state index is 12.8. The number of aromatic nitrogens is 1. The number of methoxy groups -OCH3 is 1. The standard InChI is InChI=1S/C16H27N3O2S/c1-5-7-16(10-21-4)8-6-9-19(16)15(20)18-14-13(12(2)3)22-11-17-14/h11-12H,5-10H2,1-4H3,(H,18,20)/t16-/m1/s1. The second-order valence-electron chi connectivity index (χ2n) is 6.31. The molecule has 1 N–H and O–H groups in total. The highest BCUT2D eigenvalue weighted by atomic mass is 32.1. The molecule has 0 radical (unpaired) electrons. The SMILES string of the molecule is CCC[C@]1(COC)CCCN1C(=O)Nc1ncsc1C(C)C. The minimum atomic E-state index is -0.165. The molecular formula is C16H27N3O2S. The van der Waals surface area contributed by atoms with E-state index in [4.69, 9.17) is 4.74 Å². The Balaban J connectivity index is 2.15. The first-order chi connectivity index (χ1) is 10.5. The molecule has 22 heavy (non-hydrogen) atoms. The van der Waals surface area contributed by atoms with Gasteiger partial charge in [0.25, 0.3) is 0 Å². The second kappa shape index (κ2) is 7.42. The van der Waals surface area contributed by atoms with Crippen LogP contribution in [0.2, 0.25) is 0 Å². The number of ether oxygens (including phenoxy) is 1. The average molecular weight is 325 g/mol. The van der Waals surface area contributed by atoms with Crippen molar-refractivity contribution in [1.29, 1.82) is 0 Å². The zero-order valence-corrected chi connectivity index (χ0v) is 14.8. The highest BCUT2D eigenvalue weighted by Gasteiger charge is 2.43. The summed E-state index contributed by atoms with van der Waals surface area (Å²) in [4.78, 5) is 20.2. The molecular weight excluding hydrogens is 298 g/mol. The number of rotatable bonds is 6. The maximum absolute atomic E-state index is 12.8. The van der Waals surface area contributed by atoms with Crippen LogP contribution in [0.1, 0.15) is 57.2 Å². The number of nitrogens with one attached hydrogen (secondary N) is 1. The number of nitrogens with zero attached hydrogens (tertiary/aromatic N) is 2. The lowest BCUT2D eigenvalue weighted by Gasteiger charge is -2.38. The van der Waals surface area contributed by atoms with Crippen molar-refractivity contribution in [3.63, 3.8) is 0 Å². The van der Waals surface area contributed by atoms with E-state index in [-0.39, 0.29) is 11.6 Å². The lowest BCUT2D eigenvalue weighted by molar-refractivity contribution is 0.0539. The van der Waals surface area contributed by atoms with E-state index in [2.05, 4.69) is 31.1 Å². The third-order valence-electron chi connectivity index (χ3n) is 4.31. The molecule has 5 nitrogen and oxygen atoms in total. The van der Waals surface area contributed by atoms with Gasteiger partial charge in [0, 0.05) is 13.7 Å². The molecule has 2 amide bonds. The summed E-state index contributed by atoms with van der Waals surface area (Å²) in [6, 6.07) is -0.0456. The van der Waals surface area contributed by atoms with Gasteiger partial charge >= 0.3 is 6.03 Å². The van der Waals surface area contributed by atoms with Gasteiger partial charge in [0.15, 0.2) is 0 Å². The van der Waals surface area contributed by atoms with Crippen LogP contribution in [0.25, 0.3) is 0 Å². The fourth-order valence-electron chi connectivity index (χ4n) is 3.40. The maximum Gasteiger partial charge on any atom is 0.323 e. The van der Waals surface area contributed by atoms with Crippen molar-refractivity contribution in [3.05, 3.63) is 10.4 Å². The molecule has 1 aliphatic heterocycles. The molecule has 1 atom stereocenters. The van der Waals surface area contributed by atoms with Gasteiger partial charge in [-0.2, -0.15) is 0 Å². The molecule has 0 bridgehead atoms. The first-order valence-corrected chi connectivity index (χ1v) is 8.93. The predicted octanol–water partition coefficient (Wildman–Crippen LogP) is 4.08. The molecule has 1 aromatic rings. The van der Waals surface area contributed by atoms with Crippen LogP contribution >= 0.6 is 11.3 Å². The topological polar surface area (TPSA) is 54.5 Å². The number of anilines is 1. The van der Waals surface area contributed by atoms with E-state index in [0.29, 0.717) is 18.3 Å². The fraction of sp³-hybridized carbons (Fsp3) is 0.750. The average Bonchev–Trinajstić information content (AvgIpc) is 3.06. The lowest BCUT2D eigenvalue weighted by Crippen LogP contribution is -2.52. The van der Waals surface area contributed by atoms with Gasteiger partial charge < -0.3 is 9.64 Å². The first-order valence-electron chi connectivity index (χ1n) is 8.05. The van der Waals surface area contributed by atoms with Crippen molar-refractivity contribution in [2.75, 3.05) is 25.6 Å². The number of hydrogen-bond donors (Lipinski definition) is 1. The Bertz CT molecular complexity index is 495. The van der Waals surface area contributed by atoms with Crippen molar-refractivity contribution >= 4 is 23.2 Å². The van der Waals surface area contributed by atoms with Crippen LogP contribution in [0.4, 0.5) is 10.6 Å². The highest BCUT2D eigenvalue weighted by Crippen LogP contribution is 2.35. The summed E-state index contributed by atoms with van der Waals surface area (Å²) in [7, 11) is 1.71. The molecule has 6 heteroatoms. The fourth-order valence-corrected chi connectivity index (χ4v) is 4.16. The van der Waals surface area contributed by atoms with Crippen LogP contribution in [-0.4, -0.2) is 41.7 Å². The molecule has 0 aromatic carbocycles. The molecule has 0 unspecified atom stereocenters. The van der Waals surface area contributed by atoms with E-state index in [1.165, 1.54) is 0 Å². The first kappa shape index (κ1) is 17.2. The number of thiazole rings is 1. The largest absolute Gasteiger partial charge is 0.382 e. The van der Waals surface area contributed by atoms with Crippen LogP contribution in [-0.2, 0) is 4.74 Å². The van der Waals surface area contributed by atoms with Gasteiger partial charge in [-0.05, 0) is 25.2 Å². The van der Waals surface area contributed by atoms with Crippen LogP contribution in [0, 0.1) is 0 Å². The summed E-state index contributed by atoms with van der Waals surface area (Å²) in [5, 5.41) is 3.02. The molecule has 0 spiro atoms. The van der Waals surface area contributed by atoms with E-state index in [1.54, 1.807) is 24.0 Å². The summed E-state index contributed by atoms with van der Waals surface area (Å²) >= 11 is 1.59. The Labute approximate surface area is 137 Å². The zero-order chi connectivity index (χ0) is 16.2. The summed E-state index contributed by atoms with van der Waals surface area (Å²) < 4.78 is 5.42. The molecule has 0 saturated carbocycles. The van der Waals surface area contributed by atoms with Gasteiger partial charge in [-0.15, -0.1) is 11.3 Å². The van der Waals surface area contributed by atoms with E-state index in [0.717, 1.165) is 37.1 Å². The summed E-state index contributed by atoms with van der Waals surface area (Å²) in [6.07, 6.45) is 4.06. The van der Waals surface area contributed by atoms with E-state index >= 15 is 0 Å². The van der Waals surface area contributed by atoms with Gasteiger partial charge in [0.1, 0.15) is 5.82 Å². The number of likely N-dealkylation sites (tertiary alicyclic amines) is 1. The zero-order valence-electron chi connectivity index (χ0n) is 14.0. The van der Waals surface area contributed by atoms with Crippen LogP contribution < -0.4 is 5.32 Å². The molecule has 124 valence electrons. The quantitative estimate of drug-likeness (QED) is 0.857. The van der Waals surface area contributed by atoms with Crippen molar-refractivity contribution in [2.45, 2.75) is 57.9 Å². The minimum Gasteiger partial charge on any atom is -0.382 e. The van der Waals surface area contributed by atoms with Crippen molar-refractivity contribution in [1.82, 2.24) is 9.88 Å². The van der Waals surface area contributed by atoms with Crippen molar-refractivity contribution < 1.29 is 9.53 Å². The van der Waals surface area contributed by atoms with Gasteiger partial charge in [0.05, 0.1) is 22.5 Å². The third-order valence-corrected chi connectivity index (χ3v) is 5.44. The Morgan fingerprint density at radius 3 is 3.00 bits per heavy atom. The second-order valence-corrected chi connectivity index (χ2v) is 7.20. The summed E-state index contributed by atoms with van der Waals surface area (Å²) in [5.41, 5.74) is 1.63. The molecule has 1 fully saturated rings. The third kappa shape index (κ3) is 3.43. The highest BCUT2D eigenvalue weighted by molar-refractivity contribution is 7.10. The lowest BCUT2D eigenvalue weighted by atomic mass is 9.91. The number of carbonyl (C=O) groups excluding carboxylic acids is 1. The normalized spacial score (nSPS) is 21.6. The Kier molecular flexibility index (Phi) is 5.81. The Hall–Kier alpha value is -1.14. The molecule has 2 heterocycles. The van der Waals surface area contributed by atoms with E-state index in [9.17, 15) is 4.79 Å². The van der Waals surface area contributed by atoms with Gasteiger partial charge in [-0.25, -0.2) is 9.78 Å². The number of amides is 2. The Morgan fingerprint density at radius 2 is 2.36 bits per heavy atom. The number of hydrogen-bond acceptors (Lipinski definition) is 4. The number of urea groups is 1. The summed E-state index contributed by atoms with van der Waals surface area (Å²) in [6.45, 7) is 7.78. The number of carbonyl (C=O) groups is 1. The van der Waals surface area contributed by atoms with Gasteiger partial charge in [0.2, 0.25) is 0 Å². The van der Waals surface area contributed by atoms with E-state index in [1.807, 2.05) is 4.90 Å². The van der Waals surface area contributed by atoms with Crippen LogP contribution in [0.3, 0.4) is 0 Å². The monoisotopic (exact) mass is 325 g/mol. The van der Waals surface area contributed by atoms with Crippen molar-refractivity contribution in [2.24, 2.45) is 0 Å². The van der Waals surface area contributed by atoms with Gasteiger partial charge in [-0.3, -0.25) is 5.32 Å². The van der Waals surface area contributed by atoms with Crippen LogP contribution in [0.15, 0.2) is 5.51 Å². The molecule has 0 aliphatic carbocycles. The Morgan fingerprint density at radius 1 is 1.59 bits per heavy atom.